The maximum absolute atomic E-state index is 13.9. The molecule has 2 rings (SSSR count). The summed E-state index contributed by atoms with van der Waals surface area (Å²) in [5, 5.41) is 11.9. The van der Waals surface area contributed by atoms with Gasteiger partial charge in [0.15, 0.2) is 0 Å². The van der Waals surface area contributed by atoms with Crippen molar-refractivity contribution in [2.45, 2.75) is 16.8 Å². The maximum Gasteiger partial charge on any atom is 0.140 e. The minimum absolute atomic E-state index is 0.0283. The van der Waals surface area contributed by atoms with E-state index < -0.39 is 11.6 Å². The number of benzene rings is 1. The van der Waals surface area contributed by atoms with Crippen LogP contribution in [0.15, 0.2) is 28.1 Å². The third kappa shape index (κ3) is 2.76. The van der Waals surface area contributed by atoms with E-state index in [1.54, 1.807) is 24.7 Å². The lowest BCUT2D eigenvalue weighted by Gasteiger charge is -2.07. The molecule has 0 aliphatic carbocycles. The van der Waals surface area contributed by atoms with Gasteiger partial charge in [0.2, 0.25) is 0 Å². The van der Waals surface area contributed by atoms with Crippen LogP contribution in [0.5, 0.6) is 0 Å². The van der Waals surface area contributed by atoms with E-state index >= 15 is 0 Å². The summed E-state index contributed by atoms with van der Waals surface area (Å²) in [7, 11) is 1.70. The molecule has 0 atom stereocenters. The van der Waals surface area contributed by atoms with Crippen molar-refractivity contribution in [3.63, 3.8) is 0 Å². The molecule has 0 aliphatic rings. The number of amidine groups is 1. The Hall–Kier alpha value is -1.89. The van der Waals surface area contributed by atoms with Crippen LogP contribution in [0.2, 0.25) is 0 Å². The molecule has 0 unspecified atom stereocenters. The van der Waals surface area contributed by atoms with E-state index in [2.05, 4.69) is 5.10 Å². The summed E-state index contributed by atoms with van der Waals surface area (Å²) in [4.78, 5) is -0.131. The molecule has 0 amide bonds. The summed E-state index contributed by atoms with van der Waals surface area (Å²) in [5.41, 5.74) is 6.01. The van der Waals surface area contributed by atoms with Gasteiger partial charge in [0, 0.05) is 12.6 Å². The molecule has 0 aliphatic heterocycles. The van der Waals surface area contributed by atoms with Crippen LogP contribution in [0.1, 0.15) is 11.3 Å². The van der Waals surface area contributed by atoms with Gasteiger partial charge in [0.1, 0.15) is 17.5 Å². The first-order valence-corrected chi connectivity index (χ1v) is 6.22. The summed E-state index contributed by atoms with van der Waals surface area (Å²) >= 11 is 0.948. The highest BCUT2D eigenvalue weighted by Crippen LogP contribution is 2.32. The molecule has 1 heterocycles. The maximum atomic E-state index is 13.9. The normalized spacial score (nSPS) is 10.7. The molecule has 0 saturated heterocycles. The second kappa shape index (κ2) is 5.00. The van der Waals surface area contributed by atoms with Crippen molar-refractivity contribution < 1.29 is 8.78 Å². The molecule has 0 spiro atoms. The van der Waals surface area contributed by atoms with Crippen LogP contribution in [0.4, 0.5) is 8.78 Å². The van der Waals surface area contributed by atoms with Gasteiger partial charge in [0.25, 0.3) is 0 Å². The van der Waals surface area contributed by atoms with Crippen molar-refractivity contribution in [2.24, 2.45) is 12.8 Å². The van der Waals surface area contributed by atoms with Crippen LogP contribution in [0.3, 0.4) is 0 Å². The van der Waals surface area contributed by atoms with Crippen molar-refractivity contribution in [1.29, 1.82) is 5.41 Å². The van der Waals surface area contributed by atoms with E-state index in [1.165, 1.54) is 0 Å². The molecule has 0 bridgehead atoms. The first-order chi connectivity index (χ1) is 8.88. The highest BCUT2D eigenvalue weighted by Gasteiger charge is 2.15. The van der Waals surface area contributed by atoms with Crippen LogP contribution in [-0.2, 0) is 7.05 Å². The van der Waals surface area contributed by atoms with Crippen LogP contribution in [-0.4, -0.2) is 15.6 Å². The second-order valence-corrected chi connectivity index (χ2v) is 5.06. The van der Waals surface area contributed by atoms with Crippen LogP contribution in [0, 0.1) is 24.0 Å². The van der Waals surface area contributed by atoms with Gasteiger partial charge in [0.05, 0.1) is 15.6 Å². The van der Waals surface area contributed by atoms with Gasteiger partial charge < -0.3 is 5.73 Å². The lowest BCUT2D eigenvalue weighted by molar-refractivity contribution is 0.539. The van der Waals surface area contributed by atoms with E-state index in [9.17, 15) is 8.78 Å². The van der Waals surface area contributed by atoms with E-state index in [-0.39, 0.29) is 16.3 Å². The fourth-order valence-electron chi connectivity index (χ4n) is 1.60. The summed E-state index contributed by atoms with van der Waals surface area (Å²) < 4.78 is 29.3. The summed E-state index contributed by atoms with van der Waals surface area (Å²) in [6.07, 6.45) is 0. The minimum Gasteiger partial charge on any atom is -0.384 e. The Bertz CT molecular complexity index is 628. The van der Waals surface area contributed by atoms with Crippen molar-refractivity contribution in [3.8, 4) is 0 Å². The lowest BCUT2D eigenvalue weighted by atomic mass is 10.2. The molecular formula is C12H12F2N4S. The summed E-state index contributed by atoms with van der Waals surface area (Å²) in [6, 6.07) is 3.84. The number of rotatable bonds is 3. The van der Waals surface area contributed by atoms with Gasteiger partial charge in [-0.3, -0.25) is 10.1 Å². The van der Waals surface area contributed by atoms with E-state index in [0.717, 1.165) is 29.6 Å². The number of nitrogens with zero attached hydrogens (tertiary/aromatic N) is 2. The second-order valence-electron chi connectivity index (χ2n) is 4.03. The number of halogens is 2. The van der Waals surface area contributed by atoms with Crippen molar-refractivity contribution in [3.05, 3.63) is 41.1 Å². The molecule has 100 valence electrons. The first-order valence-electron chi connectivity index (χ1n) is 5.40. The van der Waals surface area contributed by atoms with Gasteiger partial charge in [-0.25, -0.2) is 8.78 Å². The number of nitrogen functional groups attached to an aromatic ring is 1. The largest absolute Gasteiger partial charge is 0.384 e. The van der Waals surface area contributed by atoms with Gasteiger partial charge in [-0.15, -0.1) is 0 Å². The number of aryl methyl sites for hydroxylation is 2. The number of nitrogens with two attached hydrogens (primary N) is 1. The fraction of sp³-hybridized carbons (Fsp3) is 0.167. The lowest BCUT2D eigenvalue weighted by Crippen LogP contribution is -2.12. The number of hydrogen-bond acceptors (Lipinski definition) is 3. The zero-order chi connectivity index (χ0) is 14.2. The Labute approximate surface area is 113 Å². The number of hydrogen-bond donors (Lipinski definition) is 2. The molecule has 7 heteroatoms. The van der Waals surface area contributed by atoms with Gasteiger partial charge in [-0.2, -0.15) is 5.10 Å². The van der Waals surface area contributed by atoms with Gasteiger partial charge in [-0.1, -0.05) is 11.8 Å². The highest BCUT2D eigenvalue weighted by molar-refractivity contribution is 7.99. The van der Waals surface area contributed by atoms with E-state index in [4.69, 9.17) is 11.1 Å². The monoisotopic (exact) mass is 282 g/mol. The first kappa shape index (κ1) is 13.5. The topological polar surface area (TPSA) is 67.7 Å². The van der Waals surface area contributed by atoms with Gasteiger partial charge in [-0.05, 0) is 25.1 Å². The molecule has 1 aromatic heterocycles. The molecular weight excluding hydrogens is 270 g/mol. The predicted molar refractivity (Wildman–Crippen MR) is 69.4 cm³/mol. The van der Waals surface area contributed by atoms with E-state index in [0.29, 0.717) is 5.03 Å². The highest BCUT2D eigenvalue weighted by atomic mass is 32.2. The summed E-state index contributed by atoms with van der Waals surface area (Å²) in [5.74, 6) is -1.85. The molecule has 1 aromatic carbocycles. The van der Waals surface area contributed by atoms with Crippen molar-refractivity contribution in [2.75, 3.05) is 0 Å². The number of aromatic nitrogens is 2. The quantitative estimate of drug-likeness (QED) is 0.671. The van der Waals surface area contributed by atoms with Crippen molar-refractivity contribution in [1.82, 2.24) is 9.78 Å². The Morgan fingerprint density at radius 2 is 1.89 bits per heavy atom. The summed E-state index contributed by atoms with van der Waals surface area (Å²) in [6.45, 7) is 1.80. The molecule has 0 saturated carbocycles. The number of nitrogens with one attached hydrogen (secondary N) is 1. The Morgan fingerprint density at radius 3 is 2.32 bits per heavy atom. The average Bonchev–Trinajstić information content (AvgIpc) is 2.62. The molecule has 3 N–H and O–H groups in total. The Balaban J connectivity index is 2.41. The molecule has 2 aromatic rings. The SMILES string of the molecule is Cc1cc(Sc2c(F)cc(C(=N)N)cc2F)n(C)n1. The minimum atomic E-state index is -0.742. The van der Waals surface area contributed by atoms with Gasteiger partial charge >= 0.3 is 0 Å². The average molecular weight is 282 g/mol. The predicted octanol–water partition coefficient (Wildman–Crippen LogP) is 2.44. The smallest absolute Gasteiger partial charge is 0.140 e. The third-order valence-electron chi connectivity index (χ3n) is 2.47. The van der Waals surface area contributed by atoms with Crippen LogP contribution < -0.4 is 5.73 Å². The molecule has 4 nitrogen and oxygen atoms in total. The third-order valence-corrected chi connectivity index (χ3v) is 3.66. The van der Waals surface area contributed by atoms with Crippen LogP contribution in [0.25, 0.3) is 0 Å². The van der Waals surface area contributed by atoms with Crippen LogP contribution >= 0.6 is 11.8 Å². The Kier molecular flexibility index (Phi) is 3.57. The van der Waals surface area contributed by atoms with Crippen molar-refractivity contribution >= 4 is 17.6 Å². The zero-order valence-electron chi connectivity index (χ0n) is 10.4. The molecule has 0 fully saturated rings. The Morgan fingerprint density at radius 1 is 1.32 bits per heavy atom. The fourth-order valence-corrected chi connectivity index (χ4v) is 2.52. The molecule has 0 radical (unpaired) electrons. The standard InChI is InChI=1S/C12H12F2N4S/c1-6-3-10(18(2)17-6)19-11-8(13)4-7(12(15)16)5-9(11)14/h3-5H,1-2H3,(H3,15,16). The zero-order valence-corrected chi connectivity index (χ0v) is 11.2. The van der Waals surface area contributed by atoms with E-state index in [1.807, 2.05) is 0 Å². The molecule has 19 heavy (non-hydrogen) atoms.